The van der Waals surface area contributed by atoms with E-state index in [1.165, 1.54) is 0 Å². The molecular formula is C20H18ClN3O2. The number of rotatable bonds is 4. The standard InChI is InChI=1S/C20H18ClN3O2/c21-15-8-6-14(7-9-15)12-16-13-23-19(26-16)18-5-3-11-24(18)20(25)17-4-1-2-10-22-17/h1-2,4,6-10,13,18H,3,5,11-12H2/t18-/m0/s1. The van der Waals surface area contributed by atoms with E-state index in [9.17, 15) is 4.79 Å². The maximum absolute atomic E-state index is 12.7. The third kappa shape index (κ3) is 3.48. The maximum atomic E-state index is 12.7. The van der Waals surface area contributed by atoms with Crippen LogP contribution < -0.4 is 0 Å². The summed E-state index contributed by atoms with van der Waals surface area (Å²) in [4.78, 5) is 23.1. The van der Waals surface area contributed by atoms with Gasteiger partial charge in [-0.3, -0.25) is 9.78 Å². The minimum Gasteiger partial charge on any atom is -0.443 e. The zero-order valence-corrected chi connectivity index (χ0v) is 14.9. The van der Waals surface area contributed by atoms with E-state index in [1.807, 2.05) is 30.3 Å². The summed E-state index contributed by atoms with van der Waals surface area (Å²) in [7, 11) is 0. The van der Waals surface area contributed by atoms with Crippen molar-refractivity contribution in [3.8, 4) is 0 Å². The molecule has 5 nitrogen and oxygen atoms in total. The first kappa shape index (κ1) is 16.8. The molecule has 0 spiro atoms. The fraction of sp³-hybridized carbons (Fsp3) is 0.250. The minimum absolute atomic E-state index is 0.0782. The highest BCUT2D eigenvalue weighted by atomic mass is 35.5. The van der Waals surface area contributed by atoms with Crippen LogP contribution in [0.15, 0.2) is 59.3 Å². The summed E-state index contributed by atoms with van der Waals surface area (Å²) < 4.78 is 5.96. The summed E-state index contributed by atoms with van der Waals surface area (Å²) in [6.07, 6.45) is 5.79. The fourth-order valence-electron chi connectivity index (χ4n) is 3.26. The van der Waals surface area contributed by atoms with E-state index in [2.05, 4.69) is 9.97 Å². The van der Waals surface area contributed by atoms with E-state index in [0.717, 1.165) is 24.2 Å². The van der Waals surface area contributed by atoms with Crippen molar-refractivity contribution in [2.75, 3.05) is 6.54 Å². The van der Waals surface area contributed by atoms with E-state index in [0.29, 0.717) is 29.6 Å². The predicted octanol–water partition coefficient (Wildman–Crippen LogP) is 4.29. The zero-order valence-electron chi connectivity index (χ0n) is 14.1. The van der Waals surface area contributed by atoms with Crippen LogP contribution in [0.5, 0.6) is 0 Å². The first-order chi connectivity index (χ1) is 12.7. The van der Waals surface area contributed by atoms with Crippen molar-refractivity contribution in [2.24, 2.45) is 0 Å². The third-order valence-corrected chi connectivity index (χ3v) is 4.80. The van der Waals surface area contributed by atoms with Crippen molar-refractivity contribution < 1.29 is 9.21 Å². The molecule has 1 saturated heterocycles. The van der Waals surface area contributed by atoms with Gasteiger partial charge >= 0.3 is 0 Å². The van der Waals surface area contributed by atoms with Gasteiger partial charge in [0.05, 0.1) is 6.20 Å². The second kappa shape index (κ2) is 7.30. The Morgan fingerprint density at radius 3 is 2.81 bits per heavy atom. The Labute approximate surface area is 156 Å². The lowest BCUT2D eigenvalue weighted by atomic mass is 10.1. The molecule has 0 aliphatic carbocycles. The predicted molar refractivity (Wildman–Crippen MR) is 98.0 cm³/mol. The molecule has 3 heterocycles. The number of hydrogen-bond acceptors (Lipinski definition) is 4. The number of nitrogens with zero attached hydrogens (tertiary/aromatic N) is 3. The SMILES string of the molecule is O=C(c1ccccn1)N1CCC[C@H]1c1ncc(Cc2ccc(Cl)cc2)o1. The number of oxazole rings is 1. The Kier molecular flexibility index (Phi) is 4.71. The van der Waals surface area contributed by atoms with Gasteiger partial charge in [-0.1, -0.05) is 29.8 Å². The summed E-state index contributed by atoms with van der Waals surface area (Å²) in [5.41, 5.74) is 1.55. The average molecular weight is 368 g/mol. The number of pyridine rings is 1. The van der Waals surface area contributed by atoms with Gasteiger partial charge in [0, 0.05) is 24.2 Å². The summed E-state index contributed by atoms with van der Waals surface area (Å²) in [6.45, 7) is 0.689. The molecule has 1 atom stereocenters. The molecule has 6 heteroatoms. The second-order valence-electron chi connectivity index (χ2n) is 6.34. The average Bonchev–Trinajstić information content (AvgIpc) is 3.33. The summed E-state index contributed by atoms with van der Waals surface area (Å²) >= 11 is 5.92. The van der Waals surface area contributed by atoms with Gasteiger partial charge in [-0.2, -0.15) is 0 Å². The van der Waals surface area contributed by atoms with E-state index < -0.39 is 0 Å². The van der Waals surface area contributed by atoms with Crippen LogP contribution in [0.1, 0.15) is 46.6 Å². The van der Waals surface area contributed by atoms with Crippen LogP contribution in [0.4, 0.5) is 0 Å². The largest absolute Gasteiger partial charge is 0.443 e. The van der Waals surface area contributed by atoms with Crippen LogP contribution in [0, 0.1) is 0 Å². The van der Waals surface area contributed by atoms with Gasteiger partial charge in [0.2, 0.25) is 5.89 Å². The molecular weight excluding hydrogens is 350 g/mol. The van der Waals surface area contributed by atoms with Crippen LogP contribution in [0.2, 0.25) is 5.02 Å². The normalized spacial score (nSPS) is 16.8. The van der Waals surface area contributed by atoms with Gasteiger partial charge in [-0.15, -0.1) is 0 Å². The Morgan fingerprint density at radius 1 is 1.19 bits per heavy atom. The van der Waals surface area contributed by atoms with Crippen molar-refractivity contribution in [3.05, 3.63) is 82.8 Å². The third-order valence-electron chi connectivity index (χ3n) is 4.55. The highest BCUT2D eigenvalue weighted by Gasteiger charge is 2.34. The lowest BCUT2D eigenvalue weighted by Crippen LogP contribution is -2.31. The molecule has 1 amide bonds. The lowest BCUT2D eigenvalue weighted by Gasteiger charge is -2.21. The summed E-state index contributed by atoms with van der Waals surface area (Å²) in [6, 6.07) is 12.9. The molecule has 4 rings (SSSR count). The maximum Gasteiger partial charge on any atom is 0.273 e. The van der Waals surface area contributed by atoms with Crippen LogP contribution in [0.25, 0.3) is 0 Å². The molecule has 2 aromatic heterocycles. The molecule has 26 heavy (non-hydrogen) atoms. The highest BCUT2D eigenvalue weighted by molar-refractivity contribution is 6.30. The minimum atomic E-state index is -0.136. The van der Waals surface area contributed by atoms with Gasteiger partial charge < -0.3 is 9.32 Å². The fourth-order valence-corrected chi connectivity index (χ4v) is 3.39. The summed E-state index contributed by atoms with van der Waals surface area (Å²) in [5.74, 6) is 1.29. The first-order valence-corrected chi connectivity index (χ1v) is 8.99. The Balaban J connectivity index is 1.51. The van der Waals surface area contributed by atoms with Gasteiger partial charge in [0.15, 0.2) is 0 Å². The molecule has 1 aromatic carbocycles. The summed E-state index contributed by atoms with van der Waals surface area (Å²) in [5, 5.41) is 0.710. The van der Waals surface area contributed by atoms with Crippen LogP contribution in [-0.2, 0) is 6.42 Å². The van der Waals surface area contributed by atoms with Gasteiger partial charge in [-0.25, -0.2) is 4.98 Å². The molecule has 0 unspecified atom stereocenters. The molecule has 1 aliphatic heterocycles. The van der Waals surface area contributed by atoms with Crippen molar-refractivity contribution in [1.29, 1.82) is 0 Å². The second-order valence-corrected chi connectivity index (χ2v) is 6.78. The van der Waals surface area contributed by atoms with Crippen LogP contribution in [0.3, 0.4) is 0 Å². The molecule has 1 aliphatic rings. The van der Waals surface area contributed by atoms with Crippen LogP contribution in [-0.4, -0.2) is 27.3 Å². The van der Waals surface area contributed by atoms with E-state index in [1.54, 1.807) is 29.4 Å². The number of carbonyl (C=O) groups is 1. The number of likely N-dealkylation sites (tertiary alicyclic amines) is 1. The molecule has 0 bridgehead atoms. The number of amides is 1. The smallest absolute Gasteiger partial charge is 0.273 e. The van der Waals surface area contributed by atoms with E-state index in [-0.39, 0.29) is 11.9 Å². The van der Waals surface area contributed by atoms with Gasteiger partial charge in [0.1, 0.15) is 17.5 Å². The van der Waals surface area contributed by atoms with Crippen molar-refractivity contribution in [2.45, 2.75) is 25.3 Å². The lowest BCUT2D eigenvalue weighted by molar-refractivity contribution is 0.0708. The molecule has 1 fully saturated rings. The quantitative estimate of drug-likeness (QED) is 0.690. The Morgan fingerprint density at radius 2 is 2.04 bits per heavy atom. The highest BCUT2D eigenvalue weighted by Crippen LogP contribution is 2.32. The van der Waals surface area contributed by atoms with Crippen molar-refractivity contribution >= 4 is 17.5 Å². The number of aromatic nitrogens is 2. The Hall–Kier alpha value is -2.66. The van der Waals surface area contributed by atoms with Crippen molar-refractivity contribution in [1.82, 2.24) is 14.9 Å². The molecule has 132 valence electrons. The van der Waals surface area contributed by atoms with Crippen LogP contribution >= 0.6 is 11.6 Å². The molecule has 0 saturated carbocycles. The number of hydrogen-bond donors (Lipinski definition) is 0. The monoisotopic (exact) mass is 367 g/mol. The van der Waals surface area contributed by atoms with Gasteiger partial charge in [0.25, 0.3) is 5.91 Å². The Bertz CT molecular complexity index is 893. The number of carbonyl (C=O) groups excluding carboxylic acids is 1. The number of halogens is 1. The first-order valence-electron chi connectivity index (χ1n) is 8.62. The molecule has 0 N–H and O–H groups in total. The molecule has 3 aromatic rings. The zero-order chi connectivity index (χ0) is 17.9. The van der Waals surface area contributed by atoms with E-state index in [4.69, 9.17) is 16.0 Å². The van der Waals surface area contributed by atoms with Crippen molar-refractivity contribution in [3.63, 3.8) is 0 Å². The number of benzene rings is 1. The topological polar surface area (TPSA) is 59.2 Å². The van der Waals surface area contributed by atoms with E-state index >= 15 is 0 Å². The molecule has 0 radical (unpaired) electrons. The van der Waals surface area contributed by atoms with Gasteiger partial charge in [-0.05, 0) is 42.7 Å².